The van der Waals surface area contributed by atoms with Crippen molar-refractivity contribution in [2.24, 2.45) is 0 Å². The molecule has 5 nitrogen and oxygen atoms in total. The molecule has 2 rings (SSSR count). The highest BCUT2D eigenvalue weighted by Gasteiger charge is 2.14. The normalized spacial score (nSPS) is 10.3. The van der Waals surface area contributed by atoms with E-state index in [9.17, 15) is 4.79 Å². The molecule has 0 radical (unpaired) electrons. The van der Waals surface area contributed by atoms with E-state index in [2.05, 4.69) is 15.3 Å². The molecule has 0 aliphatic rings. The fourth-order valence-corrected chi connectivity index (χ4v) is 1.79. The van der Waals surface area contributed by atoms with Crippen LogP contribution in [0, 0.1) is 0 Å². The standard InChI is InChI=1S/C11H10ClN3O2S/c1-18-11-14-6-8(12)9(15-11)10(16)13-5-7-3-2-4-17-7/h2-4,6H,5H2,1H3,(H,13,16). The summed E-state index contributed by atoms with van der Waals surface area (Å²) in [6.07, 6.45) is 4.79. The number of furan rings is 1. The molecule has 0 spiro atoms. The van der Waals surface area contributed by atoms with Gasteiger partial charge in [0.05, 0.1) is 24.0 Å². The first-order chi connectivity index (χ1) is 8.70. The molecular weight excluding hydrogens is 274 g/mol. The number of hydrogen-bond donors (Lipinski definition) is 1. The van der Waals surface area contributed by atoms with Crippen LogP contribution in [0.15, 0.2) is 34.2 Å². The number of thioether (sulfide) groups is 1. The molecule has 1 N–H and O–H groups in total. The molecule has 0 saturated carbocycles. The second-order valence-corrected chi connectivity index (χ2v) is 4.50. The molecule has 2 aromatic rings. The minimum Gasteiger partial charge on any atom is -0.467 e. The van der Waals surface area contributed by atoms with Crippen LogP contribution in [0.3, 0.4) is 0 Å². The third-order valence-electron chi connectivity index (χ3n) is 2.12. The molecule has 1 amide bonds. The maximum Gasteiger partial charge on any atom is 0.271 e. The van der Waals surface area contributed by atoms with Crippen LogP contribution in [0.25, 0.3) is 0 Å². The van der Waals surface area contributed by atoms with Gasteiger partial charge >= 0.3 is 0 Å². The van der Waals surface area contributed by atoms with E-state index in [1.165, 1.54) is 18.0 Å². The first kappa shape index (κ1) is 12.9. The minimum absolute atomic E-state index is 0.169. The summed E-state index contributed by atoms with van der Waals surface area (Å²) in [6.45, 7) is 0.292. The van der Waals surface area contributed by atoms with Crippen LogP contribution in [0.1, 0.15) is 16.2 Å². The first-order valence-electron chi connectivity index (χ1n) is 5.08. The van der Waals surface area contributed by atoms with Gasteiger partial charge in [-0.3, -0.25) is 4.79 Å². The van der Waals surface area contributed by atoms with E-state index in [0.29, 0.717) is 17.5 Å². The fourth-order valence-electron chi connectivity index (χ4n) is 1.27. The van der Waals surface area contributed by atoms with Crippen LogP contribution in [0.5, 0.6) is 0 Å². The van der Waals surface area contributed by atoms with E-state index >= 15 is 0 Å². The van der Waals surface area contributed by atoms with E-state index < -0.39 is 0 Å². The van der Waals surface area contributed by atoms with Crippen molar-refractivity contribution >= 4 is 29.3 Å². The number of nitrogens with one attached hydrogen (secondary N) is 1. The first-order valence-corrected chi connectivity index (χ1v) is 6.68. The Labute approximate surface area is 113 Å². The van der Waals surface area contributed by atoms with Crippen LogP contribution in [-0.2, 0) is 6.54 Å². The zero-order valence-electron chi connectivity index (χ0n) is 9.51. The lowest BCUT2D eigenvalue weighted by Gasteiger charge is -2.05. The van der Waals surface area contributed by atoms with Gasteiger partial charge in [0.2, 0.25) is 0 Å². The summed E-state index contributed by atoms with van der Waals surface area (Å²) in [5, 5.41) is 3.41. The third kappa shape index (κ3) is 3.02. The Morgan fingerprint density at radius 1 is 1.61 bits per heavy atom. The van der Waals surface area contributed by atoms with Gasteiger partial charge in [-0.05, 0) is 18.4 Å². The molecule has 7 heteroatoms. The highest BCUT2D eigenvalue weighted by atomic mass is 35.5. The summed E-state index contributed by atoms with van der Waals surface area (Å²) in [5.41, 5.74) is 0.169. The van der Waals surface area contributed by atoms with Crippen molar-refractivity contribution < 1.29 is 9.21 Å². The Hall–Kier alpha value is -1.53. The lowest BCUT2D eigenvalue weighted by atomic mass is 10.3. The lowest BCUT2D eigenvalue weighted by Crippen LogP contribution is -2.24. The SMILES string of the molecule is CSc1ncc(Cl)c(C(=O)NCc2ccco2)n1. The van der Waals surface area contributed by atoms with Crippen molar-refractivity contribution in [1.29, 1.82) is 0 Å². The smallest absolute Gasteiger partial charge is 0.271 e. The minimum atomic E-state index is -0.353. The number of aromatic nitrogens is 2. The highest BCUT2D eigenvalue weighted by molar-refractivity contribution is 7.98. The molecule has 0 unspecified atom stereocenters. The van der Waals surface area contributed by atoms with E-state index in [1.54, 1.807) is 18.4 Å². The Morgan fingerprint density at radius 3 is 3.11 bits per heavy atom. The van der Waals surface area contributed by atoms with Gasteiger partial charge in [-0.2, -0.15) is 0 Å². The lowest BCUT2D eigenvalue weighted by molar-refractivity contribution is 0.0942. The van der Waals surface area contributed by atoms with Crippen LogP contribution in [0.2, 0.25) is 5.02 Å². The highest BCUT2D eigenvalue weighted by Crippen LogP contribution is 2.16. The molecule has 0 atom stereocenters. The van der Waals surface area contributed by atoms with Gasteiger partial charge in [-0.1, -0.05) is 23.4 Å². The summed E-state index contributed by atoms with van der Waals surface area (Å²) in [7, 11) is 0. The molecule has 2 heterocycles. The molecule has 0 aliphatic carbocycles. The van der Waals surface area contributed by atoms with Crippen molar-refractivity contribution in [3.05, 3.63) is 41.1 Å². The molecule has 94 valence electrons. The molecule has 2 aromatic heterocycles. The number of halogens is 1. The van der Waals surface area contributed by atoms with Crippen molar-refractivity contribution in [2.45, 2.75) is 11.7 Å². The maximum atomic E-state index is 11.9. The quantitative estimate of drug-likeness (QED) is 0.689. The number of carbonyl (C=O) groups excluding carboxylic acids is 1. The van der Waals surface area contributed by atoms with Gasteiger partial charge in [0.1, 0.15) is 5.76 Å². The zero-order valence-corrected chi connectivity index (χ0v) is 11.1. The molecular formula is C11H10ClN3O2S. The summed E-state index contributed by atoms with van der Waals surface area (Å²) in [6, 6.07) is 3.53. The molecule has 18 heavy (non-hydrogen) atoms. The topological polar surface area (TPSA) is 68.0 Å². The number of nitrogens with zero attached hydrogens (tertiary/aromatic N) is 2. The van der Waals surface area contributed by atoms with Crippen molar-refractivity contribution in [3.8, 4) is 0 Å². The monoisotopic (exact) mass is 283 g/mol. The Kier molecular flexibility index (Phi) is 4.22. The predicted octanol–water partition coefficient (Wildman–Crippen LogP) is 2.37. The van der Waals surface area contributed by atoms with Crippen LogP contribution >= 0.6 is 23.4 Å². The predicted molar refractivity (Wildman–Crippen MR) is 68.7 cm³/mol. The second-order valence-electron chi connectivity index (χ2n) is 3.32. The molecule has 0 aliphatic heterocycles. The number of hydrogen-bond acceptors (Lipinski definition) is 5. The van der Waals surface area contributed by atoms with Crippen molar-refractivity contribution in [1.82, 2.24) is 15.3 Å². The van der Waals surface area contributed by atoms with Gasteiger partial charge in [0.25, 0.3) is 5.91 Å². The van der Waals surface area contributed by atoms with Gasteiger partial charge in [0.15, 0.2) is 10.9 Å². The Morgan fingerprint density at radius 2 is 2.44 bits per heavy atom. The van der Waals surface area contributed by atoms with Gasteiger partial charge in [-0.15, -0.1) is 0 Å². The van der Waals surface area contributed by atoms with Crippen molar-refractivity contribution in [3.63, 3.8) is 0 Å². The van der Waals surface area contributed by atoms with E-state index in [1.807, 2.05) is 6.26 Å². The summed E-state index contributed by atoms with van der Waals surface area (Å²) >= 11 is 7.24. The van der Waals surface area contributed by atoms with Crippen LogP contribution in [-0.4, -0.2) is 22.1 Å². The maximum absolute atomic E-state index is 11.9. The summed E-state index contributed by atoms with van der Waals surface area (Å²) in [4.78, 5) is 19.9. The second kappa shape index (κ2) is 5.88. The largest absolute Gasteiger partial charge is 0.467 e. The third-order valence-corrected chi connectivity index (χ3v) is 2.96. The van der Waals surface area contributed by atoms with E-state index in [0.717, 1.165) is 0 Å². The molecule has 0 bridgehead atoms. The van der Waals surface area contributed by atoms with Gasteiger partial charge in [0, 0.05) is 0 Å². The molecule has 0 fully saturated rings. The number of rotatable bonds is 4. The molecule has 0 saturated heterocycles. The zero-order chi connectivity index (χ0) is 13.0. The Balaban J connectivity index is 2.08. The average molecular weight is 284 g/mol. The summed E-state index contributed by atoms with van der Waals surface area (Å²) in [5.74, 6) is 0.313. The number of carbonyl (C=O) groups is 1. The van der Waals surface area contributed by atoms with Gasteiger partial charge in [-0.25, -0.2) is 9.97 Å². The van der Waals surface area contributed by atoms with Gasteiger partial charge < -0.3 is 9.73 Å². The Bertz CT molecular complexity index is 545. The van der Waals surface area contributed by atoms with E-state index in [4.69, 9.17) is 16.0 Å². The summed E-state index contributed by atoms with van der Waals surface area (Å²) < 4.78 is 5.11. The van der Waals surface area contributed by atoms with E-state index in [-0.39, 0.29) is 16.6 Å². The number of amides is 1. The fraction of sp³-hybridized carbons (Fsp3) is 0.182. The van der Waals surface area contributed by atoms with Crippen molar-refractivity contribution in [2.75, 3.05) is 6.26 Å². The molecule has 0 aromatic carbocycles. The average Bonchev–Trinajstić information content (AvgIpc) is 2.89. The van der Waals surface area contributed by atoms with Crippen LogP contribution < -0.4 is 5.32 Å². The van der Waals surface area contributed by atoms with Crippen LogP contribution in [0.4, 0.5) is 0 Å².